The number of aryl methyl sites for hydroxylation is 1. The average molecular weight is 839 g/mol. The van der Waals surface area contributed by atoms with E-state index in [4.69, 9.17) is 0 Å². The van der Waals surface area contributed by atoms with Gasteiger partial charge in [-0.3, -0.25) is 0 Å². The van der Waals surface area contributed by atoms with Gasteiger partial charge in [0.1, 0.15) is 0 Å². The number of fused-ring (bicyclic) bond motifs is 8. The van der Waals surface area contributed by atoms with E-state index >= 15 is 0 Å². The van der Waals surface area contributed by atoms with Crippen LogP contribution in [0, 0.1) is 6.92 Å². The van der Waals surface area contributed by atoms with E-state index in [1.807, 2.05) is 11.3 Å². The number of nitrogens with zero attached hydrogens (tertiary/aromatic N) is 2. The van der Waals surface area contributed by atoms with Crippen LogP contribution in [0.1, 0.15) is 110 Å². The van der Waals surface area contributed by atoms with E-state index in [0.29, 0.717) is 0 Å². The zero-order valence-electron chi connectivity index (χ0n) is 39.0. The van der Waals surface area contributed by atoms with Crippen molar-refractivity contribution in [3.63, 3.8) is 0 Å². The summed E-state index contributed by atoms with van der Waals surface area (Å²) in [5, 5.41) is 2.65. The fourth-order valence-electron chi connectivity index (χ4n) is 11.1. The van der Waals surface area contributed by atoms with E-state index in [9.17, 15) is 0 Å². The second-order valence-electron chi connectivity index (χ2n) is 22.1. The Morgan fingerprint density at radius 3 is 1.79 bits per heavy atom. The summed E-state index contributed by atoms with van der Waals surface area (Å²) >= 11 is 1.90. The molecule has 3 heterocycles. The van der Waals surface area contributed by atoms with Gasteiger partial charge in [-0.15, -0.1) is 11.3 Å². The maximum absolute atomic E-state index is 2.69. The van der Waals surface area contributed by atoms with Gasteiger partial charge in [0.25, 0.3) is 6.71 Å². The highest BCUT2D eigenvalue weighted by Crippen LogP contribution is 2.53. The fraction of sp³-hybridized carbons (Fsp3) is 0.288. The topological polar surface area (TPSA) is 6.48 Å². The van der Waals surface area contributed by atoms with Crippen LogP contribution < -0.4 is 26.2 Å². The van der Waals surface area contributed by atoms with E-state index in [0.717, 1.165) is 0 Å². The average Bonchev–Trinajstić information content (AvgIpc) is 3.64. The van der Waals surface area contributed by atoms with Crippen molar-refractivity contribution in [2.24, 2.45) is 0 Å². The van der Waals surface area contributed by atoms with Gasteiger partial charge in [0, 0.05) is 48.6 Å². The highest BCUT2D eigenvalue weighted by atomic mass is 32.1. The number of hydrogen-bond acceptors (Lipinski definition) is 3. The van der Waals surface area contributed by atoms with Gasteiger partial charge in [-0.05, 0) is 145 Å². The molecule has 3 aliphatic rings. The molecule has 2 nitrogen and oxygen atoms in total. The SMILES string of the molecule is Cc1ccc(-c2ccccc2)cc1N1c2cc3c(cc2B2c4ccc(C(C)(C)C)cc4N(c4cccc5sc6ccccc6c45)c4cc(C(C)(C)C)cc1c42)C(C)(C)CCC3(C)C. The van der Waals surface area contributed by atoms with E-state index in [-0.39, 0.29) is 28.4 Å². The molecule has 1 aromatic heterocycles. The Hall–Kier alpha value is -5.58. The summed E-state index contributed by atoms with van der Waals surface area (Å²) < 4.78 is 2.65. The largest absolute Gasteiger partial charge is 0.311 e. The first-order valence-electron chi connectivity index (χ1n) is 23.1. The van der Waals surface area contributed by atoms with Crippen LogP contribution in [0.15, 0.2) is 133 Å². The van der Waals surface area contributed by atoms with Crippen molar-refractivity contribution in [1.82, 2.24) is 0 Å². The lowest BCUT2D eigenvalue weighted by molar-refractivity contribution is 0.332. The summed E-state index contributed by atoms with van der Waals surface area (Å²) in [7, 11) is 0. The first-order valence-corrected chi connectivity index (χ1v) is 23.9. The minimum atomic E-state index is -0.115. The lowest BCUT2D eigenvalue weighted by atomic mass is 9.33. The fourth-order valence-corrected chi connectivity index (χ4v) is 12.2. The third kappa shape index (κ3) is 6.18. The Balaban J connectivity index is 1.31. The molecule has 1 aliphatic carbocycles. The maximum Gasteiger partial charge on any atom is 0.252 e. The molecule has 63 heavy (non-hydrogen) atoms. The predicted molar refractivity (Wildman–Crippen MR) is 276 cm³/mol. The summed E-state index contributed by atoms with van der Waals surface area (Å²) in [6.07, 6.45) is 2.34. The highest BCUT2D eigenvalue weighted by molar-refractivity contribution is 7.26. The number of anilines is 6. The summed E-state index contributed by atoms with van der Waals surface area (Å²) in [5.41, 5.74) is 21.2. The lowest BCUT2D eigenvalue weighted by Crippen LogP contribution is -2.62. The van der Waals surface area contributed by atoms with E-state index < -0.39 is 0 Å². The van der Waals surface area contributed by atoms with Crippen molar-refractivity contribution < 1.29 is 0 Å². The zero-order chi connectivity index (χ0) is 44.0. The summed E-state index contributed by atoms with van der Waals surface area (Å²) in [6, 6.07) is 51.9. The number of thiophene rings is 1. The molecule has 314 valence electrons. The molecular formula is C59H59BN2S. The minimum Gasteiger partial charge on any atom is -0.311 e. The van der Waals surface area contributed by atoms with Crippen LogP contribution in [0.3, 0.4) is 0 Å². The van der Waals surface area contributed by atoms with E-state index in [1.54, 1.807) is 0 Å². The maximum atomic E-state index is 2.69. The van der Waals surface area contributed by atoms with Crippen LogP contribution >= 0.6 is 11.3 Å². The summed E-state index contributed by atoms with van der Waals surface area (Å²) in [4.78, 5) is 5.37. The van der Waals surface area contributed by atoms with Crippen molar-refractivity contribution in [3.05, 3.63) is 161 Å². The van der Waals surface area contributed by atoms with Gasteiger partial charge < -0.3 is 9.80 Å². The third-order valence-corrected chi connectivity index (χ3v) is 16.1. The molecule has 2 aliphatic heterocycles. The zero-order valence-corrected chi connectivity index (χ0v) is 39.8. The first-order chi connectivity index (χ1) is 29.9. The normalized spacial score (nSPS) is 16.2. The van der Waals surface area contributed by atoms with Gasteiger partial charge in [0.2, 0.25) is 0 Å². The highest BCUT2D eigenvalue weighted by Gasteiger charge is 2.47. The van der Waals surface area contributed by atoms with E-state index in [2.05, 4.69) is 219 Å². The molecule has 0 N–H and O–H groups in total. The quantitative estimate of drug-likeness (QED) is 0.164. The molecule has 4 heteroatoms. The van der Waals surface area contributed by atoms with Gasteiger partial charge in [-0.1, -0.05) is 154 Å². The van der Waals surface area contributed by atoms with Gasteiger partial charge >= 0.3 is 0 Å². The Labute approximate surface area is 379 Å². The van der Waals surface area contributed by atoms with Crippen LogP contribution in [-0.2, 0) is 21.7 Å². The Kier molecular flexibility index (Phi) is 8.75. The molecule has 0 amide bonds. The van der Waals surface area contributed by atoms with Crippen molar-refractivity contribution >= 4 is 88.7 Å². The van der Waals surface area contributed by atoms with Crippen molar-refractivity contribution in [3.8, 4) is 11.1 Å². The molecular weight excluding hydrogens is 780 g/mol. The van der Waals surface area contributed by atoms with Gasteiger partial charge in [0.15, 0.2) is 0 Å². The Morgan fingerprint density at radius 2 is 1.10 bits per heavy atom. The van der Waals surface area contributed by atoms with Crippen LogP contribution in [0.4, 0.5) is 34.1 Å². The molecule has 0 atom stereocenters. The number of benzene rings is 7. The summed E-state index contributed by atoms with van der Waals surface area (Å²) in [6.45, 7) is 26.5. The molecule has 0 bridgehead atoms. The standard InChI is InChI=1S/C59H59BN2S/c1-36-24-25-38(37-18-13-12-14-19-37)30-47(36)62-49-35-43-42(58(8,9)28-29-59(43,10)11)34-45(49)60-44-27-26-39(56(2,3)4)31-48(44)61(50-32-40(57(5,6)7)33-51(62)55(50)60)46-21-17-23-53-54(46)41-20-15-16-22-52(41)63-53/h12-27,30-35H,28-29H2,1-11H3. The second-order valence-corrected chi connectivity index (χ2v) is 23.2. The molecule has 0 fully saturated rings. The van der Waals surface area contributed by atoms with Crippen LogP contribution in [0.25, 0.3) is 31.3 Å². The van der Waals surface area contributed by atoms with Crippen molar-refractivity contribution in [2.45, 2.75) is 111 Å². The molecule has 0 spiro atoms. The minimum absolute atomic E-state index is 0.0300. The van der Waals surface area contributed by atoms with Crippen LogP contribution in [0.5, 0.6) is 0 Å². The van der Waals surface area contributed by atoms with Gasteiger partial charge in [-0.2, -0.15) is 0 Å². The predicted octanol–water partition coefficient (Wildman–Crippen LogP) is 15.1. The molecule has 0 unspecified atom stereocenters. The van der Waals surface area contributed by atoms with Crippen LogP contribution in [0.2, 0.25) is 0 Å². The molecule has 0 saturated carbocycles. The monoisotopic (exact) mass is 838 g/mol. The second kappa shape index (κ2) is 13.7. The molecule has 11 rings (SSSR count). The summed E-state index contributed by atoms with van der Waals surface area (Å²) in [5.74, 6) is 0. The molecule has 7 aromatic carbocycles. The first kappa shape index (κ1) is 40.2. The Bertz CT molecular complexity index is 3170. The number of rotatable bonds is 3. The van der Waals surface area contributed by atoms with Crippen molar-refractivity contribution in [2.75, 3.05) is 9.80 Å². The molecule has 0 radical (unpaired) electrons. The molecule has 8 aromatic rings. The molecule has 0 saturated heterocycles. The lowest BCUT2D eigenvalue weighted by Gasteiger charge is -2.48. The smallest absolute Gasteiger partial charge is 0.252 e. The van der Waals surface area contributed by atoms with Crippen LogP contribution in [-0.4, -0.2) is 6.71 Å². The van der Waals surface area contributed by atoms with E-state index in [1.165, 1.54) is 122 Å². The van der Waals surface area contributed by atoms with Gasteiger partial charge in [0.05, 0.1) is 5.69 Å². The third-order valence-electron chi connectivity index (χ3n) is 15.0. The van der Waals surface area contributed by atoms with Crippen molar-refractivity contribution in [1.29, 1.82) is 0 Å². The Morgan fingerprint density at radius 1 is 0.492 bits per heavy atom. The van der Waals surface area contributed by atoms with Gasteiger partial charge in [-0.25, -0.2) is 0 Å². The number of hydrogen-bond donors (Lipinski definition) is 0.